The minimum absolute atomic E-state index is 0.0726. The van der Waals surface area contributed by atoms with Crippen LogP contribution in [0.4, 0.5) is 14.5 Å². The first-order valence-corrected chi connectivity index (χ1v) is 4.04. The summed E-state index contributed by atoms with van der Waals surface area (Å²) in [7, 11) is 0. The molecule has 0 radical (unpaired) electrons. The van der Waals surface area contributed by atoms with Crippen molar-refractivity contribution in [3.8, 4) is 0 Å². The van der Waals surface area contributed by atoms with Crippen LogP contribution >= 0.6 is 11.6 Å². The summed E-state index contributed by atoms with van der Waals surface area (Å²) >= 11 is 5.51. The van der Waals surface area contributed by atoms with Crippen molar-refractivity contribution < 1.29 is 13.7 Å². The molecule has 1 aromatic rings. The molecule has 0 unspecified atom stereocenters. The van der Waals surface area contributed by atoms with E-state index in [1.807, 2.05) is 0 Å². The summed E-state index contributed by atoms with van der Waals surface area (Å²) in [4.78, 5) is 9.66. The summed E-state index contributed by atoms with van der Waals surface area (Å²) in [5, 5.41) is 10.6. The summed E-state index contributed by atoms with van der Waals surface area (Å²) < 4.78 is 24.8. The molecule has 0 heterocycles. The zero-order valence-corrected chi connectivity index (χ0v) is 7.89. The van der Waals surface area contributed by atoms with Crippen LogP contribution in [0.15, 0.2) is 12.1 Å². The Hall–Kier alpha value is -1.23. The van der Waals surface area contributed by atoms with Crippen LogP contribution in [0, 0.1) is 17.0 Å². The lowest BCUT2D eigenvalue weighted by molar-refractivity contribution is -0.386. The fraction of sp³-hybridized carbons (Fsp3) is 0.250. The maximum Gasteiger partial charge on any atom is 0.281 e. The fourth-order valence-electron chi connectivity index (χ4n) is 1.18. The molecule has 3 nitrogen and oxygen atoms in total. The third-order valence-corrected chi connectivity index (χ3v) is 1.93. The first-order valence-electron chi connectivity index (χ1n) is 3.66. The quantitative estimate of drug-likeness (QED) is 0.567. The number of nitro groups is 1. The largest absolute Gasteiger partial charge is 0.281 e. The Kier molecular flexibility index (Phi) is 3.00. The monoisotopic (exact) mass is 221 g/mol. The highest BCUT2D eigenvalue weighted by Crippen LogP contribution is 2.34. The SMILES string of the molecule is Cc1cc(Cl)cc(C(F)F)c1[N+](=O)[O-]. The van der Waals surface area contributed by atoms with Crippen LogP contribution < -0.4 is 0 Å². The Morgan fingerprint density at radius 2 is 2.07 bits per heavy atom. The smallest absolute Gasteiger partial charge is 0.258 e. The van der Waals surface area contributed by atoms with E-state index in [0.29, 0.717) is 0 Å². The van der Waals surface area contributed by atoms with E-state index >= 15 is 0 Å². The number of alkyl halides is 2. The first kappa shape index (κ1) is 10.8. The van der Waals surface area contributed by atoms with Gasteiger partial charge in [0.25, 0.3) is 12.1 Å². The normalized spacial score (nSPS) is 10.6. The van der Waals surface area contributed by atoms with Gasteiger partial charge in [-0.15, -0.1) is 0 Å². The topological polar surface area (TPSA) is 43.1 Å². The summed E-state index contributed by atoms with van der Waals surface area (Å²) in [5.41, 5.74) is -1.07. The molecule has 0 aromatic heterocycles. The Morgan fingerprint density at radius 3 is 2.50 bits per heavy atom. The molecule has 76 valence electrons. The van der Waals surface area contributed by atoms with Crippen molar-refractivity contribution in [3.63, 3.8) is 0 Å². The van der Waals surface area contributed by atoms with Crippen molar-refractivity contribution in [2.45, 2.75) is 13.3 Å². The van der Waals surface area contributed by atoms with E-state index in [1.165, 1.54) is 13.0 Å². The molecular formula is C8H6ClF2NO2. The second-order valence-corrected chi connectivity index (χ2v) is 3.15. The minimum atomic E-state index is -2.90. The van der Waals surface area contributed by atoms with Crippen LogP contribution in [0.5, 0.6) is 0 Å². The molecule has 0 spiro atoms. The molecule has 0 saturated carbocycles. The Labute approximate surface area is 83.4 Å². The zero-order chi connectivity index (χ0) is 10.9. The second kappa shape index (κ2) is 3.88. The maximum atomic E-state index is 12.4. The predicted molar refractivity (Wildman–Crippen MR) is 47.8 cm³/mol. The number of nitrogens with zero attached hydrogens (tertiary/aromatic N) is 1. The summed E-state index contributed by atoms with van der Waals surface area (Å²) in [6.07, 6.45) is -2.90. The van der Waals surface area contributed by atoms with Crippen LogP contribution in [0.2, 0.25) is 5.02 Å². The molecule has 0 N–H and O–H groups in total. The molecule has 1 rings (SSSR count). The van der Waals surface area contributed by atoms with Crippen molar-refractivity contribution >= 4 is 17.3 Å². The molecule has 0 aliphatic carbocycles. The molecule has 6 heteroatoms. The van der Waals surface area contributed by atoms with Gasteiger partial charge in [0, 0.05) is 10.6 Å². The van der Waals surface area contributed by atoms with E-state index in [2.05, 4.69) is 0 Å². The predicted octanol–water partition coefficient (Wildman–Crippen LogP) is 3.49. The van der Waals surface area contributed by atoms with Gasteiger partial charge in [0.2, 0.25) is 0 Å². The summed E-state index contributed by atoms with van der Waals surface area (Å²) in [6.45, 7) is 1.37. The average molecular weight is 222 g/mol. The lowest BCUT2D eigenvalue weighted by atomic mass is 10.1. The summed E-state index contributed by atoms with van der Waals surface area (Å²) in [6, 6.07) is 2.20. The van der Waals surface area contributed by atoms with Gasteiger partial charge in [-0.25, -0.2) is 8.78 Å². The first-order chi connectivity index (χ1) is 6.43. The van der Waals surface area contributed by atoms with Gasteiger partial charge in [-0.1, -0.05) is 11.6 Å². The number of benzene rings is 1. The van der Waals surface area contributed by atoms with Crippen LogP contribution in [-0.4, -0.2) is 4.92 Å². The lowest BCUT2D eigenvalue weighted by Crippen LogP contribution is -1.98. The number of halogens is 3. The summed E-state index contributed by atoms with van der Waals surface area (Å²) in [5.74, 6) is 0. The van der Waals surface area contributed by atoms with Crippen molar-refractivity contribution in [2.75, 3.05) is 0 Å². The average Bonchev–Trinajstić information content (AvgIpc) is 2.01. The van der Waals surface area contributed by atoms with Gasteiger partial charge in [0.1, 0.15) is 0 Å². The van der Waals surface area contributed by atoms with Gasteiger partial charge in [-0.3, -0.25) is 10.1 Å². The highest BCUT2D eigenvalue weighted by Gasteiger charge is 2.24. The van der Waals surface area contributed by atoms with E-state index in [-0.39, 0.29) is 10.6 Å². The number of hydrogen-bond donors (Lipinski definition) is 0. The number of hydrogen-bond acceptors (Lipinski definition) is 2. The molecule has 14 heavy (non-hydrogen) atoms. The number of rotatable bonds is 2. The van der Waals surface area contributed by atoms with Crippen molar-refractivity contribution in [1.82, 2.24) is 0 Å². The highest BCUT2D eigenvalue weighted by molar-refractivity contribution is 6.30. The second-order valence-electron chi connectivity index (χ2n) is 2.72. The molecule has 0 fully saturated rings. The molecule has 0 bridgehead atoms. The van der Waals surface area contributed by atoms with E-state index in [0.717, 1.165) is 6.07 Å². The minimum Gasteiger partial charge on any atom is -0.258 e. The van der Waals surface area contributed by atoms with E-state index in [1.54, 1.807) is 0 Å². The van der Waals surface area contributed by atoms with Crippen LogP contribution in [0.3, 0.4) is 0 Å². The van der Waals surface area contributed by atoms with E-state index < -0.39 is 22.6 Å². The van der Waals surface area contributed by atoms with Gasteiger partial charge < -0.3 is 0 Å². The van der Waals surface area contributed by atoms with Gasteiger partial charge in [-0.05, 0) is 19.1 Å². The molecule has 1 aromatic carbocycles. The van der Waals surface area contributed by atoms with E-state index in [9.17, 15) is 18.9 Å². The molecule has 0 aliphatic rings. The third-order valence-electron chi connectivity index (χ3n) is 1.71. The Morgan fingerprint density at radius 1 is 1.50 bits per heavy atom. The van der Waals surface area contributed by atoms with Crippen molar-refractivity contribution in [2.24, 2.45) is 0 Å². The van der Waals surface area contributed by atoms with Gasteiger partial charge in [-0.2, -0.15) is 0 Å². The molecule has 0 amide bonds. The maximum absolute atomic E-state index is 12.4. The fourth-order valence-corrected chi connectivity index (χ4v) is 1.46. The molecule has 0 aliphatic heterocycles. The zero-order valence-electron chi connectivity index (χ0n) is 7.13. The highest BCUT2D eigenvalue weighted by atomic mass is 35.5. The van der Waals surface area contributed by atoms with Crippen LogP contribution in [0.1, 0.15) is 17.6 Å². The lowest BCUT2D eigenvalue weighted by Gasteiger charge is -2.04. The van der Waals surface area contributed by atoms with Crippen molar-refractivity contribution in [3.05, 3.63) is 38.4 Å². The van der Waals surface area contributed by atoms with Crippen LogP contribution in [0.25, 0.3) is 0 Å². The number of nitro benzene ring substituents is 1. The van der Waals surface area contributed by atoms with E-state index in [4.69, 9.17) is 11.6 Å². The molecule has 0 atom stereocenters. The number of aryl methyl sites for hydroxylation is 1. The molecular weight excluding hydrogens is 216 g/mol. The van der Waals surface area contributed by atoms with Gasteiger partial charge in [0.05, 0.1) is 10.5 Å². The van der Waals surface area contributed by atoms with Crippen LogP contribution in [-0.2, 0) is 0 Å². The third kappa shape index (κ3) is 1.98. The standard InChI is InChI=1S/C8H6ClF2NO2/c1-4-2-5(9)3-6(8(10)11)7(4)12(13)14/h2-3,8H,1H3. The van der Waals surface area contributed by atoms with Gasteiger partial charge in [0.15, 0.2) is 0 Å². The molecule has 0 saturated heterocycles. The van der Waals surface area contributed by atoms with Crippen molar-refractivity contribution in [1.29, 1.82) is 0 Å². The Bertz CT molecular complexity index is 382. The Balaban J connectivity index is 3.44. The van der Waals surface area contributed by atoms with Gasteiger partial charge >= 0.3 is 0 Å².